The first-order chi connectivity index (χ1) is 7.66. The second-order valence-electron chi connectivity index (χ2n) is 5.03. The van der Waals surface area contributed by atoms with Crippen molar-refractivity contribution in [2.75, 3.05) is 0 Å². The van der Waals surface area contributed by atoms with E-state index in [9.17, 15) is 0 Å². The molecule has 16 heavy (non-hydrogen) atoms. The maximum Gasteiger partial charge on any atom is 0.258 e. The second kappa shape index (κ2) is 6.72. The highest BCUT2D eigenvalue weighted by atomic mass is 15.1. The van der Waals surface area contributed by atoms with Gasteiger partial charge >= 0.3 is 0 Å². The molecule has 92 valence electrons. The van der Waals surface area contributed by atoms with Crippen molar-refractivity contribution in [2.45, 2.75) is 65.3 Å². The van der Waals surface area contributed by atoms with Crippen molar-refractivity contribution in [1.82, 2.24) is 4.57 Å². The van der Waals surface area contributed by atoms with Crippen LogP contribution in [0.5, 0.6) is 0 Å². The normalized spacial score (nSPS) is 11.3. The summed E-state index contributed by atoms with van der Waals surface area (Å²) < 4.78 is 4.66. The zero-order chi connectivity index (χ0) is 12.0. The summed E-state index contributed by atoms with van der Waals surface area (Å²) in [6.07, 6.45) is 11.2. The van der Waals surface area contributed by atoms with Crippen LogP contribution in [0.15, 0.2) is 12.4 Å². The Morgan fingerprint density at radius 1 is 1.19 bits per heavy atom. The molecule has 1 aromatic heterocycles. The molecule has 0 saturated heterocycles. The quantitative estimate of drug-likeness (QED) is 0.495. The molecular formula is C14H27N2+. The minimum atomic E-state index is 0.607. The Bertz CT molecular complexity index is 300. The van der Waals surface area contributed by atoms with Crippen molar-refractivity contribution in [3.05, 3.63) is 18.2 Å². The summed E-state index contributed by atoms with van der Waals surface area (Å²) in [6, 6.07) is 0. The van der Waals surface area contributed by atoms with Gasteiger partial charge in [-0.3, -0.25) is 0 Å². The SMILES string of the molecule is CCCCCCC[n+]1ccn(C)c1C(C)C. The summed E-state index contributed by atoms with van der Waals surface area (Å²) in [5.41, 5.74) is 0. The zero-order valence-electron chi connectivity index (χ0n) is 11.4. The molecule has 0 aliphatic rings. The van der Waals surface area contributed by atoms with Gasteiger partial charge in [-0.25, -0.2) is 9.13 Å². The van der Waals surface area contributed by atoms with Crippen LogP contribution in [0.1, 0.15) is 64.6 Å². The summed E-state index contributed by atoms with van der Waals surface area (Å²) in [5, 5.41) is 0. The number of aromatic nitrogens is 2. The van der Waals surface area contributed by atoms with E-state index in [1.807, 2.05) is 0 Å². The van der Waals surface area contributed by atoms with Crippen LogP contribution in [0, 0.1) is 0 Å². The number of rotatable bonds is 7. The van der Waals surface area contributed by atoms with E-state index in [0.29, 0.717) is 5.92 Å². The van der Waals surface area contributed by atoms with Gasteiger partial charge in [0.25, 0.3) is 5.82 Å². The maximum absolute atomic E-state index is 2.41. The van der Waals surface area contributed by atoms with Crippen LogP contribution in [0.2, 0.25) is 0 Å². The van der Waals surface area contributed by atoms with Crippen LogP contribution in [-0.4, -0.2) is 4.57 Å². The van der Waals surface area contributed by atoms with Gasteiger partial charge in [0.2, 0.25) is 0 Å². The van der Waals surface area contributed by atoms with E-state index in [1.54, 1.807) is 0 Å². The molecule has 0 aliphatic carbocycles. The summed E-state index contributed by atoms with van der Waals surface area (Å²) in [4.78, 5) is 0. The topological polar surface area (TPSA) is 8.81 Å². The van der Waals surface area contributed by atoms with E-state index in [0.717, 1.165) is 0 Å². The third-order valence-corrected chi connectivity index (χ3v) is 3.14. The molecular weight excluding hydrogens is 196 g/mol. The first-order valence-corrected chi connectivity index (χ1v) is 6.71. The van der Waals surface area contributed by atoms with Crippen LogP contribution < -0.4 is 4.57 Å². The second-order valence-corrected chi connectivity index (χ2v) is 5.03. The van der Waals surface area contributed by atoms with Crippen molar-refractivity contribution < 1.29 is 4.57 Å². The number of hydrogen-bond donors (Lipinski definition) is 0. The number of aryl methyl sites for hydroxylation is 2. The minimum absolute atomic E-state index is 0.607. The minimum Gasteiger partial charge on any atom is -0.237 e. The molecule has 0 atom stereocenters. The average Bonchev–Trinajstić information content (AvgIpc) is 2.59. The largest absolute Gasteiger partial charge is 0.258 e. The van der Waals surface area contributed by atoms with Gasteiger partial charge in [-0.05, 0) is 12.8 Å². The van der Waals surface area contributed by atoms with E-state index in [-0.39, 0.29) is 0 Å². The summed E-state index contributed by atoms with van der Waals surface area (Å²) in [5.74, 6) is 2.05. The number of unbranched alkanes of at least 4 members (excludes halogenated alkanes) is 4. The van der Waals surface area contributed by atoms with Crippen molar-refractivity contribution in [3.63, 3.8) is 0 Å². The predicted molar refractivity (Wildman–Crippen MR) is 68.5 cm³/mol. The molecule has 1 rings (SSSR count). The molecule has 0 N–H and O–H groups in total. The Hall–Kier alpha value is -0.790. The molecule has 0 fully saturated rings. The highest BCUT2D eigenvalue weighted by Crippen LogP contribution is 2.09. The van der Waals surface area contributed by atoms with Gasteiger partial charge in [-0.15, -0.1) is 0 Å². The van der Waals surface area contributed by atoms with Crippen molar-refractivity contribution in [3.8, 4) is 0 Å². The summed E-state index contributed by atoms with van der Waals surface area (Å²) in [6.45, 7) is 7.98. The lowest BCUT2D eigenvalue weighted by molar-refractivity contribution is -0.705. The molecule has 0 aliphatic heterocycles. The Labute approximate surface area is 100 Å². The monoisotopic (exact) mass is 223 g/mol. The maximum atomic E-state index is 2.41. The smallest absolute Gasteiger partial charge is 0.237 e. The molecule has 0 radical (unpaired) electrons. The first-order valence-electron chi connectivity index (χ1n) is 6.71. The highest BCUT2D eigenvalue weighted by molar-refractivity contribution is 4.88. The number of nitrogens with zero attached hydrogens (tertiary/aromatic N) is 2. The number of hydrogen-bond acceptors (Lipinski definition) is 0. The first kappa shape index (κ1) is 13.3. The summed E-state index contributed by atoms with van der Waals surface area (Å²) >= 11 is 0. The molecule has 2 heteroatoms. The van der Waals surface area contributed by atoms with E-state index < -0.39 is 0 Å². The molecule has 0 saturated carbocycles. The molecule has 0 spiro atoms. The lowest BCUT2D eigenvalue weighted by atomic mass is 10.1. The van der Waals surface area contributed by atoms with Gasteiger partial charge in [0, 0.05) is 0 Å². The van der Waals surface area contributed by atoms with Gasteiger partial charge in [-0.2, -0.15) is 0 Å². The predicted octanol–water partition coefficient (Wildman–Crippen LogP) is 3.41. The van der Waals surface area contributed by atoms with Gasteiger partial charge in [-0.1, -0.05) is 40.0 Å². The van der Waals surface area contributed by atoms with Crippen LogP contribution in [-0.2, 0) is 13.6 Å². The standard InChI is InChI=1S/C14H27N2/c1-5-6-7-8-9-10-16-12-11-15(4)14(16)13(2)3/h11-13H,5-10H2,1-4H3/q+1. The zero-order valence-corrected chi connectivity index (χ0v) is 11.4. The molecule has 0 bridgehead atoms. The lowest BCUT2D eigenvalue weighted by Crippen LogP contribution is -2.37. The molecule has 0 unspecified atom stereocenters. The fourth-order valence-electron chi connectivity index (χ4n) is 2.35. The van der Waals surface area contributed by atoms with Gasteiger partial charge < -0.3 is 0 Å². The Kier molecular flexibility index (Phi) is 5.58. The Morgan fingerprint density at radius 3 is 2.50 bits per heavy atom. The fraction of sp³-hybridized carbons (Fsp3) is 0.786. The van der Waals surface area contributed by atoms with Crippen LogP contribution in [0.4, 0.5) is 0 Å². The van der Waals surface area contributed by atoms with Crippen LogP contribution in [0.25, 0.3) is 0 Å². The van der Waals surface area contributed by atoms with Crippen molar-refractivity contribution in [2.24, 2.45) is 7.05 Å². The van der Waals surface area contributed by atoms with E-state index in [4.69, 9.17) is 0 Å². The Balaban J connectivity index is 2.41. The highest BCUT2D eigenvalue weighted by Gasteiger charge is 2.17. The average molecular weight is 223 g/mol. The molecule has 1 heterocycles. The Morgan fingerprint density at radius 2 is 1.88 bits per heavy atom. The summed E-state index contributed by atoms with van der Waals surface area (Å²) in [7, 11) is 2.14. The third kappa shape index (κ3) is 3.66. The van der Waals surface area contributed by atoms with Crippen LogP contribution in [0.3, 0.4) is 0 Å². The van der Waals surface area contributed by atoms with Gasteiger partial charge in [0.1, 0.15) is 12.4 Å². The molecule has 1 aromatic rings. The lowest BCUT2D eigenvalue weighted by Gasteiger charge is -2.05. The molecule has 2 nitrogen and oxygen atoms in total. The van der Waals surface area contributed by atoms with Gasteiger partial charge in [0.15, 0.2) is 0 Å². The van der Waals surface area contributed by atoms with Crippen molar-refractivity contribution >= 4 is 0 Å². The van der Waals surface area contributed by atoms with Crippen LogP contribution >= 0.6 is 0 Å². The third-order valence-electron chi connectivity index (χ3n) is 3.14. The molecule has 0 aromatic carbocycles. The van der Waals surface area contributed by atoms with Crippen molar-refractivity contribution in [1.29, 1.82) is 0 Å². The van der Waals surface area contributed by atoms with E-state index in [1.165, 1.54) is 44.5 Å². The van der Waals surface area contributed by atoms with E-state index in [2.05, 4.69) is 49.3 Å². The fourth-order valence-corrected chi connectivity index (χ4v) is 2.35. The molecule has 0 amide bonds. The number of imidazole rings is 1. The van der Waals surface area contributed by atoms with Gasteiger partial charge in [0.05, 0.1) is 19.5 Å². The van der Waals surface area contributed by atoms with E-state index >= 15 is 0 Å².